The van der Waals surface area contributed by atoms with E-state index in [2.05, 4.69) is 22.2 Å². The zero-order valence-corrected chi connectivity index (χ0v) is 16.2. The van der Waals surface area contributed by atoms with Crippen LogP contribution in [0.1, 0.15) is 17.6 Å². The Balaban J connectivity index is 1.75. The summed E-state index contributed by atoms with van der Waals surface area (Å²) in [5.41, 5.74) is -0.211. The van der Waals surface area contributed by atoms with E-state index in [-0.39, 0.29) is 22.9 Å². The minimum atomic E-state index is -0.591. The van der Waals surface area contributed by atoms with E-state index in [9.17, 15) is 20.0 Å². The summed E-state index contributed by atoms with van der Waals surface area (Å²) < 4.78 is 0. The molecule has 1 amide bonds. The lowest BCUT2D eigenvalue weighted by molar-refractivity contribution is -0.384. The third kappa shape index (κ3) is 4.34. The highest BCUT2D eigenvalue weighted by Crippen LogP contribution is 2.32. The lowest BCUT2D eigenvalue weighted by Gasteiger charge is -2.07. The van der Waals surface area contributed by atoms with Crippen molar-refractivity contribution in [3.63, 3.8) is 0 Å². The van der Waals surface area contributed by atoms with Gasteiger partial charge in [-0.25, -0.2) is 9.97 Å². The molecule has 10 heteroatoms. The first-order valence-corrected chi connectivity index (χ1v) is 9.84. The normalized spacial score (nSPS) is 10.9. The smallest absolute Gasteiger partial charge is 0.271 e. The molecule has 140 valence electrons. The van der Waals surface area contributed by atoms with Gasteiger partial charge in [0.05, 0.1) is 16.4 Å². The second-order valence-corrected chi connectivity index (χ2v) is 7.74. The number of rotatable bonds is 6. The van der Waals surface area contributed by atoms with Crippen molar-refractivity contribution in [3.05, 3.63) is 45.1 Å². The minimum Gasteiger partial charge on any atom is -0.506 e. The topological polar surface area (TPSA) is 118 Å². The number of carbonyl (C=O) groups is 1. The van der Waals surface area contributed by atoms with E-state index in [0.29, 0.717) is 10.9 Å². The lowest BCUT2D eigenvalue weighted by atomic mass is 10.2. The van der Waals surface area contributed by atoms with Crippen molar-refractivity contribution in [3.8, 4) is 5.75 Å². The van der Waals surface area contributed by atoms with E-state index < -0.39 is 10.8 Å². The summed E-state index contributed by atoms with van der Waals surface area (Å²) >= 11 is 2.87. The molecule has 0 aliphatic heterocycles. The second-order valence-electron chi connectivity index (χ2n) is 5.66. The molecule has 0 atom stereocenters. The number of anilines is 1. The van der Waals surface area contributed by atoms with Crippen LogP contribution in [0.5, 0.6) is 5.75 Å². The molecule has 27 heavy (non-hydrogen) atoms. The van der Waals surface area contributed by atoms with Crippen molar-refractivity contribution in [1.29, 1.82) is 0 Å². The number of non-ortho nitro benzene ring substituents is 1. The Hall–Kier alpha value is -2.72. The summed E-state index contributed by atoms with van der Waals surface area (Å²) in [5.74, 6) is 0.0485. The summed E-state index contributed by atoms with van der Waals surface area (Å²) in [4.78, 5) is 33.4. The summed E-state index contributed by atoms with van der Waals surface area (Å²) in [5, 5.41) is 24.8. The third-order valence-electron chi connectivity index (χ3n) is 3.67. The monoisotopic (exact) mass is 404 g/mol. The van der Waals surface area contributed by atoms with Gasteiger partial charge in [-0.05, 0) is 25.5 Å². The number of aromatic hydroxyl groups is 1. The number of amides is 1. The molecule has 2 aromatic heterocycles. The molecule has 1 aromatic carbocycles. The van der Waals surface area contributed by atoms with E-state index in [4.69, 9.17) is 0 Å². The number of nitro benzene ring substituents is 1. The molecule has 0 aliphatic carbocycles. The van der Waals surface area contributed by atoms with E-state index in [1.165, 1.54) is 28.8 Å². The van der Waals surface area contributed by atoms with Crippen LogP contribution in [0.25, 0.3) is 10.2 Å². The second kappa shape index (κ2) is 7.89. The van der Waals surface area contributed by atoms with Crippen LogP contribution in [0.4, 0.5) is 11.4 Å². The van der Waals surface area contributed by atoms with E-state index in [1.54, 1.807) is 18.3 Å². The Bertz CT molecular complexity index is 1040. The van der Waals surface area contributed by atoms with Crippen molar-refractivity contribution in [2.75, 3.05) is 11.1 Å². The fourth-order valence-corrected chi connectivity index (χ4v) is 4.31. The van der Waals surface area contributed by atoms with Crippen LogP contribution in [-0.4, -0.2) is 31.7 Å². The summed E-state index contributed by atoms with van der Waals surface area (Å²) in [7, 11) is 0. The molecule has 0 fully saturated rings. The standard InChI is InChI=1S/C17H16N4O4S2/c1-3-11-7-12-16(18-9(2)19-17(12)27-11)26-8-15(23)20-13-6-10(21(24)25)4-5-14(13)22/h4-7,22H,3,8H2,1-2H3,(H,20,23). The third-order valence-corrected chi connectivity index (χ3v) is 5.84. The summed E-state index contributed by atoms with van der Waals surface area (Å²) in [6.07, 6.45) is 0.900. The Morgan fingerprint density at radius 1 is 1.37 bits per heavy atom. The first-order valence-electron chi connectivity index (χ1n) is 8.04. The van der Waals surface area contributed by atoms with E-state index >= 15 is 0 Å². The van der Waals surface area contributed by atoms with Crippen LogP contribution < -0.4 is 5.32 Å². The predicted octanol–water partition coefficient (Wildman–Crippen LogP) is 3.91. The lowest BCUT2D eigenvalue weighted by Crippen LogP contribution is -2.14. The quantitative estimate of drug-likeness (QED) is 0.210. The van der Waals surface area contributed by atoms with Gasteiger partial charge in [0, 0.05) is 22.4 Å². The molecule has 2 N–H and O–H groups in total. The Labute approximate surface area is 162 Å². The molecule has 0 bridgehead atoms. The van der Waals surface area contributed by atoms with Gasteiger partial charge in [0.2, 0.25) is 5.91 Å². The van der Waals surface area contributed by atoms with Crippen LogP contribution in [0.2, 0.25) is 0 Å². The molecule has 0 spiro atoms. The van der Waals surface area contributed by atoms with E-state index in [0.717, 1.165) is 22.7 Å². The first-order chi connectivity index (χ1) is 12.9. The predicted molar refractivity (Wildman–Crippen MR) is 106 cm³/mol. The van der Waals surface area contributed by atoms with Gasteiger partial charge in [0.1, 0.15) is 21.4 Å². The van der Waals surface area contributed by atoms with Crippen LogP contribution in [0.3, 0.4) is 0 Å². The molecule has 0 unspecified atom stereocenters. The number of phenolic OH excluding ortho intramolecular Hbond substituents is 1. The highest BCUT2D eigenvalue weighted by Gasteiger charge is 2.15. The molecular formula is C17H16N4O4S2. The van der Waals surface area contributed by atoms with Crippen molar-refractivity contribution in [1.82, 2.24) is 9.97 Å². The molecular weight excluding hydrogens is 388 g/mol. The van der Waals surface area contributed by atoms with Gasteiger partial charge in [0.15, 0.2) is 0 Å². The summed E-state index contributed by atoms with van der Waals surface area (Å²) in [6, 6.07) is 5.50. The van der Waals surface area contributed by atoms with Crippen molar-refractivity contribution in [2.24, 2.45) is 0 Å². The van der Waals surface area contributed by atoms with Crippen molar-refractivity contribution >= 4 is 50.6 Å². The number of hydrogen-bond donors (Lipinski definition) is 2. The van der Waals surface area contributed by atoms with Gasteiger partial charge in [-0.3, -0.25) is 14.9 Å². The number of aryl methyl sites for hydroxylation is 2. The van der Waals surface area contributed by atoms with Gasteiger partial charge in [-0.15, -0.1) is 11.3 Å². The van der Waals surface area contributed by atoms with Crippen molar-refractivity contribution < 1.29 is 14.8 Å². The van der Waals surface area contributed by atoms with Crippen LogP contribution in [0, 0.1) is 17.0 Å². The fourth-order valence-electron chi connectivity index (χ4n) is 2.39. The average Bonchev–Trinajstić information content (AvgIpc) is 3.04. The molecule has 8 nitrogen and oxygen atoms in total. The van der Waals surface area contributed by atoms with Gasteiger partial charge in [-0.2, -0.15) is 0 Å². The highest BCUT2D eigenvalue weighted by molar-refractivity contribution is 8.00. The molecule has 2 heterocycles. The number of phenols is 1. The number of fused-ring (bicyclic) bond motifs is 1. The number of hydrogen-bond acceptors (Lipinski definition) is 8. The maximum Gasteiger partial charge on any atom is 0.271 e. The highest BCUT2D eigenvalue weighted by atomic mass is 32.2. The number of thioether (sulfide) groups is 1. The van der Waals surface area contributed by atoms with Crippen LogP contribution in [0.15, 0.2) is 29.3 Å². The summed E-state index contributed by atoms with van der Waals surface area (Å²) in [6.45, 7) is 3.87. The zero-order valence-electron chi connectivity index (χ0n) is 14.6. The number of nitro groups is 1. The van der Waals surface area contributed by atoms with E-state index in [1.807, 2.05) is 6.07 Å². The average molecular weight is 404 g/mol. The SMILES string of the molecule is CCc1cc2c(SCC(=O)Nc3cc([N+](=O)[O-])ccc3O)nc(C)nc2s1. The molecule has 0 saturated carbocycles. The fraction of sp³-hybridized carbons (Fsp3) is 0.235. The van der Waals surface area contributed by atoms with Crippen LogP contribution >= 0.6 is 23.1 Å². The Morgan fingerprint density at radius 3 is 2.85 bits per heavy atom. The number of nitrogens with zero attached hydrogens (tertiary/aromatic N) is 3. The van der Waals surface area contributed by atoms with Gasteiger partial charge < -0.3 is 10.4 Å². The number of carbonyl (C=O) groups excluding carboxylic acids is 1. The molecule has 0 aliphatic rings. The number of thiophene rings is 1. The minimum absolute atomic E-state index is 0.00242. The largest absolute Gasteiger partial charge is 0.506 e. The Kier molecular flexibility index (Phi) is 5.57. The molecule has 3 rings (SSSR count). The number of nitrogens with one attached hydrogen (secondary N) is 1. The number of benzene rings is 1. The van der Waals surface area contributed by atoms with Crippen molar-refractivity contribution in [2.45, 2.75) is 25.3 Å². The number of aromatic nitrogens is 2. The first kappa shape index (κ1) is 19.1. The Morgan fingerprint density at radius 2 is 2.15 bits per heavy atom. The van der Waals surface area contributed by atoms with Gasteiger partial charge in [-0.1, -0.05) is 18.7 Å². The van der Waals surface area contributed by atoms with Crippen LogP contribution in [-0.2, 0) is 11.2 Å². The molecule has 3 aromatic rings. The van der Waals surface area contributed by atoms with Gasteiger partial charge >= 0.3 is 0 Å². The maximum atomic E-state index is 12.2. The zero-order chi connectivity index (χ0) is 19.6. The van der Waals surface area contributed by atoms with Gasteiger partial charge in [0.25, 0.3) is 5.69 Å². The molecule has 0 radical (unpaired) electrons. The molecule has 0 saturated heterocycles. The maximum absolute atomic E-state index is 12.2.